The van der Waals surface area contributed by atoms with Gasteiger partial charge in [0, 0.05) is 6.20 Å². The molecule has 0 atom stereocenters. The quantitative estimate of drug-likeness (QED) is 0.740. The molecule has 1 heterocycles. The van der Waals surface area contributed by atoms with Gasteiger partial charge in [0.15, 0.2) is 0 Å². The summed E-state index contributed by atoms with van der Waals surface area (Å²) >= 11 is 0. The van der Waals surface area contributed by atoms with Crippen molar-refractivity contribution in [2.75, 3.05) is 0 Å². The number of rotatable bonds is 1. The molecule has 2 N–H and O–H groups in total. The Morgan fingerprint density at radius 3 is 2.25 bits per heavy atom. The minimum atomic E-state index is -4.67. The van der Waals surface area contributed by atoms with Gasteiger partial charge in [0.25, 0.3) is 0 Å². The molecule has 1 aromatic heterocycles. The van der Waals surface area contributed by atoms with Gasteiger partial charge < -0.3 is 0 Å². The Labute approximate surface area is 95.4 Å². The third kappa shape index (κ3) is 9.32. The molecule has 0 fully saturated rings. The summed E-state index contributed by atoms with van der Waals surface area (Å²) in [6.07, 6.45) is 3.91. The first kappa shape index (κ1) is 14.8. The third-order valence-corrected chi connectivity index (χ3v) is 1.48. The van der Waals surface area contributed by atoms with Crippen LogP contribution in [-0.4, -0.2) is 22.5 Å². The van der Waals surface area contributed by atoms with Gasteiger partial charge >= 0.3 is 10.4 Å². The third-order valence-electron chi connectivity index (χ3n) is 1.48. The second-order valence-electron chi connectivity index (χ2n) is 3.38. The predicted molar refractivity (Wildman–Crippen MR) is 62.5 cm³/mol. The number of pyridine rings is 1. The van der Waals surface area contributed by atoms with Gasteiger partial charge in [0.2, 0.25) is 0 Å². The van der Waals surface area contributed by atoms with E-state index in [0.717, 1.165) is 5.69 Å². The van der Waals surface area contributed by atoms with E-state index < -0.39 is 10.4 Å². The van der Waals surface area contributed by atoms with Gasteiger partial charge in [-0.1, -0.05) is 11.6 Å². The minimum absolute atomic E-state index is 1.08. The molecule has 0 saturated carbocycles. The average Bonchev–Trinajstić information content (AvgIpc) is 2.05. The maximum atomic E-state index is 8.74. The van der Waals surface area contributed by atoms with E-state index in [9.17, 15) is 0 Å². The van der Waals surface area contributed by atoms with Crippen LogP contribution in [0.4, 0.5) is 0 Å². The van der Waals surface area contributed by atoms with Crippen molar-refractivity contribution >= 4 is 16.5 Å². The highest BCUT2D eigenvalue weighted by atomic mass is 32.3. The van der Waals surface area contributed by atoms with Crippen molar-refractivity contribution in [2.24, 2.45) is 0 Å². The smallest absolute Gasteiger partial charge is 0.264 e. The van der Waals surface area contributed by atoms with Gasteiger partial charge in [-0.15, -0.1) is 0 Å². The molecule has 1 aromatic rings. The fourth-order valence-corrected chi connectivity index (χ4v) is 0.922. The largest absolute Gasteiger partial charge is 0.394 e. The molecule has 0 aromatic carbocycles. The zero-order valence-corrected chi connectivity index (χ0v) is 10.2. The second kappa shape index (κ2) is 6.37. The fraction of sp³-hybridized carbons (Fsp3) is 0.300. The van der Waals surface area contributed by atoms with E-state index in [-0.39, 0.29) is 0 Å². The molecule has 1 rings (SSSR count). The molecule has 0 aliphatic heterocycles. The molecule has 0 bridgehead atoms. The lowest BCUT2D eigenvalue weighted by atomic mass is 10.2. The lowest BCUT2D eigenvalue weighted by Gasteiger charge is -1.97. The first-order valence-electron chi connectivity index (χ1n) is 4.46. The van der Waals surface area contributed by atoms with E-state index in [2.05, 4.69) is 37.9 Å². The van der Waals surface area contributed by atoms with Crippen LogP contribution in [0.15, 0.2) is 23.9 Å². The first-order valence-corrected chi connectivity index (χ1v) is 5.86. The minimum Gasteiger partial charge on any atom is -0.264 e. The predicted octanol–water partition coefficient (Wildman–Crippen LogP) is 2.16. The summed E-state index contributed by atoms with van der Waals surface area (Å²) in [6, 6.07) is 4.03. The Morgan fingerprint density at radius 2 is 1.88 bits per heavy atom. The Morgan fingerprint density at radius 1 is 1.38 bits per heavy atom. The summed E-state index contributed by atoms with van der Waals surface area (Å²) in [7, 11) is -4.67. The van der Waals surface area contributed by atoms with Crippen LogP contribution in [0.5, 0.6) is 0 Å². The van der Waals surface area contributed by atoms with E-state index in [1.807, 2.05) is 12.3 Å². The van der Waals surface area contributed by atoms with Gasteiger partial charge in [0.05, 0.1) is 5.69 Å². The van der Waals surface area contributed by atoms with E-state index in [4.69, 9.17) is 17.5 Å². The van der Waals surface area contributed by atoms with Crippen molar-refractivity contribution in [3.05, 3.63) is 35.2 Å². The van der Waals surface area contributed by atoms with Crippen molar-refractivity contribution in [3.63, 3.8) is 0 Å². The highest BCUT2D eigenvalue weighted by Gasteiger charge is 1.92. The van der Waals surface area contributed by atoms with Crippen molar-refractivity contribution in [2.45, 2.75) is 20.8 Å². The number of aryl methyl sites for hydroxylation is 1. The van der Waals surface area contributed by atoms with Crippen molar-refractivity contribution in [1.82, 2.24) is 4.98 Å². The molecule has 90 valence electrons. The van der Waals surface area contributed by atoms with Crippen LogP contribution in [0.3, 0.4) is 0 Å². The van der Waals surface area contributed by atoms with Crippen molar-refractivity contribution < 1.29 is 17.5 Å². The SMILES string of the molecule is CC(C)=Cc1ncccc1C.O=S(=O)(O)O. The number of hydrogen-bond acceptors (Lipinski definition) is 3. The van der Waals surface area contributed by atoms with Crippen molar-refractivity contribution in [3.8, 4) is 0 Å². The van der Waals surface area contributed by atoms with Crippen LogP contribution < -0.4 is 0 Å². The van der Waals surface area contributed by atoms with Crippen LogP contribution in [0.2, 0.25) is 0 Å². The summed E-state index contributed by atoms with van der Waals surface area (Å²) in [4.78, 5) is 4.24. The molecule has 0 aliphatic rings. The van der Waals surface area contributed by atoms with E-state index in [0.29, 0.717) is 0 Å². The molecule has 0 radical (unpaired) electrons. The second-order valence-corrected chi connectivity index (χ2v) is 4.27. The molecule has 5 nitrogen and oxygen atoms in total. The van der Waals surface area contributed by atoms with Crippen LogP contribution in [0, 0.1) is 6.92 Å². The molecule has 6 heteroatoms. The summed E-state index contributed by atoms with van der Waals surface area (Å²) in [5.41, 5.74) is 3.59. The van der Waals surface area contributed by atoms with Gasteiger partial charge in [-0.25, -0.2) is 0 Å². The number of nitrogens with zero attached hydrogens (tertiary/aromatic N) is 1. The van der Waals surface area contributed by atoms with E-state index in [1.165, 1.54) is 11.1 Å². The Balaban J connectivity index is 0.000000385. The maximum Gasteiger partial charge on any atom is 0.394 e. The summed E-state index contributed by atoms with van der Waals surface area (Å²) < 4.78 is 31.6. The van der Waals surface area contributed by atoms with Crippen molar-refractivity contribution in [1.29, 1.82) is 0 Å². The van der Waals surface area contributed by atoms with Crippen LogP contribution in [0.25, 0.3) is 6.08 Å². The van der Waals surface area contributed by atoms with Gasteiger partial charge in [-0.3, -0.25) is 14.1 Å². The van der Waals surface area contributed by atoms with E-state index in [1.54, 1.807) is 0 Å². The highest BCUT2D eigenvalue weighted by Crippen LogP contribution is 2.07. The lowest BCUT2D eigenvalue weighted by molar-refractivity contribution is 0.381. The molecule has 16 heavy (non-hydrogen) atoms. The highest BCUT2D eigenvalue weighted by molar-refractivity contribution is 7.79. The maximum absolute atomic E-state index is 8.74. The van der Waals surface area contributed by atoms with E-state index >= 15 is 0 Å². The summed E-state index contributed by atoms with van der Waals surface area (Å²) in [6.45, 7) is 6.23. The molecule has 0 saturated heterocycles. The fourth-order valence-electron chi connectivity index (χ4n) is 0.922. The summed E-state index contributed by atoms with van der Waals surface area (Å²) in [5, 5.41) is 0. The molecule has 0 amide bonds. The van der Waals surface area contributed by atoms with Gasteiger partial charge in [-0.05, 0) is 38.5 Å². The Bertz CT molecular complexity index is 453. The standard InChI is InChI=1S/C10H13N.H2O4S/c1-8(2)7-10-9(3)5-4-6-11-10;1-5(2,3)4/h4-7H,1-3H3;(H2,1,2,3,4). The normalized spacial score (nSPS) is 10.1. The zero-order valence-electron chi connectivity index (χ0n) is 9.38. The molecule has 0 unspecified atom stereocenters. The van der Waals surface area contributed by atoms with Crippen LogP contribution >= 0.6 is 0 Å². The zero-order chi connectivity index (χ0) is 12.8. The van der Waals surface area contributed by atoms with Crippen LogP contribution in [-0.2, 0) is 10.4 Å². The average molecular weight is 245 g/mol. The van der Waals surface area contributed by atoms with Gasteiger partial charge in [0.1, 0.15) is 0 Å². The lowest BCUT2D eigenvalue weighted by Crippen LogP contribution is -1.89. The first-order chi connectivity index (χ1) is 7.20. The molecule has 0 spiro atoms. The molecule has 0 aliphatic carbocycles. The number of hydrogen-bond donors (Lipinski definition) is 2. The summed E-state index contributed by atoms with van der Waals surface area (Å²) in [5.74, 6) is 0. The van der Waals surface area contributed by atoms with Crippen LogP contribution in [0.1, 0.15) is 25.1 Å². The number of allylic oxidation sites excluding steroid dienone is 1. The Hall–Kier alpha value is -1.24. The monoisotopic (exact) mass is 245 g/mol. The molecular formula is C10H15NO4S. The van der Waals surface area contributed by atoms with Gasteiger partial charge in [-0.2, -0.15) is 8.42 Å². The molecular weight excluding hydrogens is 230 g/mol. The Kier molecular flexibility index (Phi) is 5.87. The number of aromatic nitrogens is 1. The topological polar surface area (TPSA) is 87.5 Å².